The van der Waals surface area contributed by atoms with Crippen molar-refractivity contribution in [3.05, 3.63) is 36.5 Å². The van der Waals surface area contributed by atoms with Crippen LogP contribution in [0.5, 0.6) is 0 Å². The molecule has 0 unspecified atom stereocenters. The number of hydrogen-bond acceptors (Lipinski definition) is 7. The molecule has 0 atom stereocenters. The van der Waals surface area contributed by atoms with Crippen molar-refractivity contribution >= 4 is 23.9 Å². The maximum atomic E-state index is 12.8. The van der Waals surface area contributed by atoms with Crippen molar-refractivity contribution < 1.29 is 38.5 Å². The Morgan fingerprint density at radius 2 is 0.585 bits per heavy atom. The van der Waals surface area contributed by atoms with Crippen molar-refractivity contribution in [1.29, 1.82) is 0 Å². The summed E-state index contributed by atoms with van der Waals surface area (Å²) in [5.41, 5.74) is 0. The van der Waals surface area contributed by atoms with Crippen molar-refractivity contribution in [3.63, 3.8) is 0 Å². The molecule has 0 saturated heterocycles. The van der Waals surface area contributed by atoms with Crippen LogP contribution in [0.2, 0.25) is 0 Å². The second kappa shape index (κ2) is 52.1. The predicted molar refractivity (Wildman–Crippen MR) is 272 cm³/mol. The van der Waals surface area contributed by atoms with Gasteiger partial charge in [0.1, 0.15) is 13.2 Å². The van der Waals surface area contributed by atoms with E-state index >= 15 is 0 Å². The van der Waals surface area contributed by atoms with Gasteiger partial charge in [0.2, 0.25) is 0 Å². The first-order valence-corrected chi connectivity index (χ1v) is 27.6. The van der Waals surface area contributed by atoms with Crippen LogP contribution in [0.25, 0.3) is 0 Å². The molecule has 0 radical (unpaired) electrons. The Kier molecular flexibility index (Phi) is 49.8. The van der Waals surface area contributed by atoms with Gasteiger partial charge in [-0.2, -0.15) is 0 Å². The van der Waals surface area contributed by atoms with Crippen molar-refractivity contribution in [2.75, 3.05) is 13.2 Å². The zero-order valence-corrected chi connectivity index (χ0v) is 42.5. The highest BCUT2D eigenvalue weighted by molar-refractivity contribution is 5.71. The molecular formula is C57H102O8. The summed E-state index contributed by atoms with van der Waals surface area (Å²) >= 11 is 0. The molecule has 0 aromatic rings. The molecule has 1 N–H and O–H groups in total. The summed E-state index contributed by atoms with van der Waals surface area (Å²) in [6, 6.07) is 0. The first-order chi connectivity index (χ1) is 31.9. The molecule has 378 valence electrons. The van der Waals surface area contributed by atoms with Gasteiger partial charge in [0.25, 0.3) is 0 Å². The number of unbranched alkanes of at least 4 members (excludes halogenated alkanes) is 32. The third kappa shape index (κ3) is 51.9. The van der Waals surface area contributed by atoms with Gasteiger partial charge < -0.3 is 19.3 Å². The SMILES string of the molecule is CCCCCCCC/C=C\CCCCCCCC(=O)OCC(COC(=O)CCCCCCC/C=C\CCCCCCCC)OC(=O)CCCCCCCC=CCCCCCCCC(=O)O. The monoisotopic (exact) mass is 915 g/mol. The Hall–Kier alpha value is -2.90. The van der Waals surface area contributed by atoms with Crippen LogP contribution in [0.15, 0.2) is 36.5 Å². The van der Waals surface area contributed by atoms with E-state index < -0.39 is 12.1 Å². The molecule has 65 heavy (non-hydrogen) atoms. The number of rotatable bonds is 51. The Bertz CT molecular complexity index is 1100. The number of ether oxygens (including phenoxy) is 3. The number of allylic oxidation sites excluding steroid dienone is 6. The van der Waals surface area contributed by atoms with Gasteiger partial charge in [-0.05, 0) is 103 Å². The van der Waals surface area contributed by atoms with Crippen molar-refractivity contribution in [2.45, 2.75) is 290 Å². The second-order valence-corrected chi connectivity index (χ2v) is 18.6. The minimum atomic E-state index is -0.803. The van der Waals surface area contributed by atoms with Crippen molar-refractivity contribution in [3.8, 4) is 0 Å². The van der Waals surface area contributed by atoms with Crippen LogP contribution in [0.4, 0.5) is 0 Å². The van der Waals surface area contributed by atoms with Gasteiger partial charge in [0.05, 0.1) is 0 Å². The van der Waals surface area contributed by atoms with Crippen LogP contribution in [-0.4, -0.2) is 48.3 Å². The van der Waals surface area contributed by atoms with Gasteiger partial charge in [-0.1, -0.05) is 192 Å². The van der Waals surface area contributed by atoms with E-state index in [1.165, 1.54) is 103 Å². The number of esters is 3. The van der Waals surface area contributed by atoms with Crippen LogP contribution in [-0.2, 0) is 33.4 Å². The molecule has 0 bridgehead atoms. The fourth-order valence-electron chi connectivity index (χ4n) is 7.92. The van der Waals surface area contributed by atoms with E-state index in [2.05, 4.69) is 50.3 Å². The summed E-state index contributed by atoms with van der Waals surface area (Å²) in [6.07, 6.45) is 57.7. The fraction of sp³-hybridized carbons (Fsp3) is 0.825. The van der Waals surface area contributed by atoms with E-state index in [4.69, 9.17) is 19.3 Å². The Morgan fingerprint density at radius 1 is 0.338 bits per heavy atom. The predicted octanol–water partition coefficient (Wildman–Crippen LogP) is 17.2. The molecule has 8 nitrogen and oxygen atoms in total. The average molecular weight is 915 g/mol. The van der Waals surface area contributed by atoms with Crippen LogP contribution in [0, 0.1) is 0 Å². The molecule has 0 rings (SSSR count). The lowest BCUT2D eigenvalue weighted by molar-refractivity contribution is -0.167. The minimum Gasteiger partial charge on any atom is -0.481 e. The zero-order chi connectivity index (χ0) is 47.4. The van der Waals surface area contributed by atoms with Gasteiger partial charge in [-0.25, -0.2) is 0 Å². The Balaban J connectivity index is 4.40. The third-order valence-corrected chi connectivity index (χ3v) is 12.1. The lowest BCUT2D eigenvalue weighted by atomic mass is 10.1. The molecule has 0 aliphatic rings. The normalized spacial score (nSPS) is 11.7. The lowest BCUT2D eigenvalue weighted by Crippen LogP contribution is -2.30. The minimum absolute atomic E-state index is 0.101. The number of carboxylic acid groups (broad SMARTS) is 1. The molecule has 0 fully saturated rings. The fourth-order valence-corrected chi connectivity index (χ4v) is 7.92. The largest absolute Gasteiger partial charge is 0.481 e. The van der Waals surface area contributed by atoms with Crippen LogP contribution >= 0.6 is 0 Å². The number of carboxylic acids is 1. The smallest absolute Gasteiger partial charge is 0.306 e. The molecule has 0 aromatic carbocycles. The average Bonchev–Trinajstić information content (AvgIpc) is 3.29. The summed E-state index contributed by atoms with van der Waals surface area (Å²) in [5.74, 6) is -1.66. The Labute approximate surface area is 400 Å². The van der Waals surface area contributed by atoms with Crippen LogP contribution < -0.4 is 0 Å². The molecule has 0 amide bonds. The molecule has 0 aromatic heterocycles. The highest BCUT2D eigenvalue weighted by atomic mass is 16.6. The summed E-state index contributed by atoms with van der Waals surface area (Å²) in [4.78, 5) is 48.6. The first kappa shape index (κ1) is 62.1. The summed E-state index contributed by atoms with van der Waals surface area (Å²) in [6.45, 7) is 4.31. The van der Waals surface area contributed by atoms with Gasteiger partial charge >= 0.3 is 23.9 Å². The first-order valence-electron chi connectivity index (χ1n) is 27.6. The van der Waals surface area contributed by atoms with Crippen LogP contribution in [0.3, 0.4) is 0 Å². The van der Waals surface area contributed by atoms with Gasteiger partial charge in [0.15, 0.2) is 6.10 Å². The molecule has 0 saturated carbocycles. The summed E-state index contributed by atoms with van der Waals surface area (Å²) in [7, 11) is 0. The Morgan fingerprint density at radius 3 is 0.877 bits per heavy atom. The lowest BCUT2D eigenvalue weighted by Gasteiger charge is -2.18. The van der Waals surface area contributed by atoms with E-state index in [0.717, 1.165) is 141 Å². The third-order valence-electron chi connectivity index (χ3n) is 12.1. The number of aliphatic carboxylic acids is 1. The van der Waals surface area contributed by atoms with E-state index in [0.29, 0.717) is 19.3 Å². The molecule has 0 aliphatic carbocycles. The van der Waals surface area contributed by atoms with Gasteiger partial charge in [-0.3, -0.25) is 19.2 Å². The van der Waals surface area contributed by atoms with Gasteiger partial charge in [-0.15, -0.1) is 0 Å². The molecular weight excluding hydrogens is 813 g/mol. The maximum absolute atomic E-state index is 12.8. The highest BCUT2D eigenvalue weighted by Crippen LogP contribution is 2.15. The van der Waals surface area contributed by atoms with Crippen molar-refractivity contribution in [1.82, 2.24) is 0 Å². The van der Waals surface area contributed by atoms with Gasteiger partial charge in [0, 0.05) is 25.7 Å². The number of carbonyl (C=O) groups excluding carboxylic acids is 3. The van der Waals surface area contributed by atoms with Crippen molar-refractivity contribution in [2.24, 2.45) is 0 Å². The second-order valence-electron chi connectivity index (χ2n) is 18.6. The molecule has 0 aliphatic heterocycles. The molecule has 0 heterocycles. The van der Waals surface area contributed by atoms with E-state index in [1.54, 1.807) is 0 Å². The highest BCUT2D eigenvalue weighted by Gasteiger charge is 2.19. The molecule has 0 spiro atoms. The maximum Gasteiger partial charge on any atom is 0.306 e. The number of carbonyl (C=O) groups is 4. The number of hydrogen-bond donors (Lipinski definition) is 1. The van der Waals surface area contributed by atoms with E-state index in [1.807, 2.05) is 0 Å². The summed E-state index contributed by atoms with van der Waals surface area (Å²) < 4.78 is 16.8. The standard InChI is InChI=1S/C57H102O8/c1-3-5-7-9-11-13-15-17-19-24-28-32-36-40-44-48-55(60)63-51-53(52-64-56(61)49-45-41-37-33-29-25-20-18-16-14-12-10-8-6-4-2)65-57(62)50-46-42-38-34-30-26-22-21-23-27-31-35-39-43-47-54(58)59/h17-22,53H,3-16,23-52H2,1-2H3,(H,58,59)/b19-17-,20-18-,22-21?. The van der Waals surface area contributed by atoms with E-state index in [-0.39, 0.29) is 37.5 Å². The van der Waals surface area contributed by atoms with Crippen LogP contribution in [0.1, 0.15) is 284 Å². The van der Waals surface area contributed by atoms with E-state index in [9.17, 15) is 19.2 Å². The zero-order valence-electron chi connectivity index (χ0n) is 42.5. The summed E-state index contributed by atoms with van der Waals surface area (Å²) in [5, 5.41) is 8.71. The quantitative estimate of drug-likeness (QED) is 0.0278. The molecule has 8 heteroatoms. The topological polar surface area (TPSA) is 116 Å².